The molecule has 0 aliphatic heterocycles. The van der Waals surface area contributed by atoms with E-state index in [1.54, 1.807) is 0 Å². The maximum atomic E-state index is 6.11. The summed E-state index contributed by atoms with van der Waals surface area (Å²) in [4.78, 5) is 0. The topological polar surface area (TPSA) is 43.8 Å². The molecule has 1 aromatic rings. The zero-order valence-corrected chi connectivity index (χ0v) is 8.91. The van der Waals surface area contributed by atoms with E-state index < -0.39 is 0 Å². The Balaban J connectivity index is 2.87. The zero-order valence-electron chi connectivity index (χ0n) is 8.91. The normalized spacial score (nSPS) is 15.8. The summed E-state index contributed by atoms with van der Waals surface area (Å²) in [5.74, 6) is 0.517. The van der Waals surface area contributed by atoms with Gasteiger partial charge in [0.25, 0.3) is 0 Å². The van der Waals surface area contributed by atoms with Crippen molar-refractivity contribution in [2.24, 2.45) is 18.7 Å². The second-order valence-electron chi connectivity index (χ2n) is 3.75. The first-order valence-electron chi connectivity index (χ1n) is 4.82. The zero-order chi connectivity index (χ0) is 10.0. The molecule has 1 rings (SSSR count). The molecule has 74 valence electrons. The van der Waals surface area contributed by atoms with Gasteiger partial charge in [-0.05, 0) is 12.8 Å². The highest BCUT2D eigenvalue weighted by atomic mass is 15.2. The Morgan fingerprint density at radius 3 is 2.62 bits per heavy atom. The van der Waals surface area contributed by atoms with Gasteiger partial charge in [-0.15, -0.1) is 0 Å². The lowest BCUT2D eigenvalue weighted by Crippen LogP contribution is -2.18. The van der Waals surface area contributed by atoms with E-state index in [9.17, 15) is 0 Å². The van der Waals surface area contributed by atoms with E-state index in [1.165, 1.54) is 5.56 Å². The van der Waals surface area contributed by atoms with Gasteiger partial charge in [0.1, 0.15) is 0 Å². The number of rotatable bonds is 3. The van der Waals surface area contributed by atoms with Crippen molar-refractivity contribution in [2.75, 3.05) is 0 Å². The van der Waals surface area contributed by atoms with Crippen molar-refractivity contribution >= 4 is 0 Å². The number of hydrogen-bond acceptors (Lipinski definition) is 2. The molecule has 0 fully saturated rings. The van der Waals surface area contributed by atoms with Crippen molar-refractivity contribution in [3.8, 4) is 0 Å². The first-order valence-corrected chi connectivity index (χ1v) is 4.82. The first kappa shape index (κ1) is 10.3. The van der Waals surface area contributed by atoms with Crippen LogP contribution in [0.3, 0.4) is 0 Å². The van der Waals surface area contributed by atoms with Gasteiger partial charge in [0.2, 0.25) is 0 Å². The van der Waals surface area contributed by atoms with Crippen LogP contribution in [0.5, 0.6) is 0 Å². The Kier molecular flexibility index (Phi) is 3.09. The van der Waals surface area contributed by atoms with E-state index in [-0.39, 0.29) is 6.04 Å². The largest absolute Gasteiger partial charge is 0.324 e. The van der Waals surface area contributed by atoms with Crippen molar-refractivity contribution in [1.82, 2.24) is 9.78 Å². The van der Waals surface area contributed by atoms with Crippen LogP contribution in [0.2, 0.25) is 0 Å². The average Bonchev–Trinajstić information content (AvgIpc) is 2.42. The van der Waals surface area contributed by atoms with Crippen LogP contribution in [0.15, 0.2) is 6.20 Å². The van der Waals surface area contributed by atoms with Gasteiger partial charge in [0, 0.05) is 24.8 Å². The summed E-state index contributed by atoms with van der Waals surface area (Å²) in [6, 6.07) is 0.124. The van der Waals surface area contributed by atoms with Crippen molar-refractivity contribution in [3.05, 3.63) is 17.5 Å². The van der Waals surface area contributed by atoms with Gasteiger partial charge in [-0.2, -0.15) is 5.10 Å². The molecule has 2 N–H and O–H groups in total. The second kappa shape index (κ2) is 3.92. The Morgan fingerprint density at radius 2 is 2.23 bits per heavy atom. The third-order valence-corrected chi connectivity index (χ3v) is 2.67. The third-order valence-electron chi connectivity index (χ3n) is 2.67. The SMILES string of the molecule is CCC(C)C(N)c1cn(C)nc1C. The Bertz CT molecular complexity index is 278. The van der Waals surface area contributed by atoms with Crippen LogP contribution < -0.4 is 5.73 Å². The standard InChI is InChI=1S/C10H19N3/c1-5-7(2)10(11)9-6-13(4)12-8(9)3/h6-7,10H,5,11H2,1-4H3. The van der Waals surface area contributed by atoms with Gasteiger partial charge >= 0.3 is 0 Å². The number of hydrogen-bond donors (Lipinski definition) is 1. The van der Waals surface area contributed by atoms with E-state index in [2.05, 4.69) is 18.9 Å². The fraction of sp³-hybridized carbons (Fsp3) is 0.700. The average molecular weight is 181 g/mol. The fourth-order valence-corrected chi connectivity index (χ4v) is 1.51. The lowest BCUT2D eigenvalue weighted by molar-refractivity contribution is 0.455. The predicted molar refractivity (Wildman–Crippen MR) is 54.3 cm³/mol. The van der Waals surface area contributed by atoms with E-state index in [1.807, 2.05) is 24.9 Å². The van der Waals surface area contributed by atoms with Crippen LogP contribution in [-0.4, -0.2) is 9.78 Å². The van der Waals surface area contributed by atoms with Gasteiger partial charge in [0.05, 0.1) is 5.69 Å². The summed E-state index contributed by atoms with van der Waals surface area (Å²) < 4.78 is 1.83. The maximum absolute atomic E-state index is 6.11. The second-order valence-corrected chi connectivity index (χ2v) is 3.75. The molecule has 0 radical (unpaired) electrons. The van der Waals surface area contributed by atoms with Gasteiger partial charge in [-0.1, -0.05) is 20.3 Å². The summed E-state index contributed by atoms with van der Waals surface area (Å²) in [7, 11) is 1.93. The van der Waals surface area contributed by atoms with Crippen LogP contribution >= 0.6 is 0 Å². The third kappa shape index (κ3) is 2.10. The summed E-state index contributed by atoms with van der Waals surface area (Å²) in [5.41, 5.74) is 8.34. The van der Waals surface area contributed by atoms with Crippen LogP contribution in [0.1, 0.15) is 37.6 Å². The molecule has 0 spiro atoms. The molecule has 3 heteroatoms. The molecule has 0 bridgehead atoms. The molecule has 0 aliphatic rings. The van der Waals surface area contributed by atoms with Crippen molar-refractivity contribution in [2.45, 2.75) is 33.2 Å². The summed E-state index contributed by atoms with van der Waals surface area (Å²) in [5, 5.41) is 4.29. The van der Waals surface area contributed by atoms with Gasteiger partial charge in [-0.3, -0.25) is 4.68 Å². The maximum Gasteiger partial charge on any atom is 0.0641 e. The quantitative estimate of drug-likeness (QED) is 0.772. The lowest BCUT2D eigenvalue weighted by Gasteiger charge is -2.17. The van der Waals surface area contributed by atoms with Crippen LogP contribution in [-0.2, 0) is 7.05 Å². The van der Waals surface area contributed by atoms with E-state index in [0.29, 0.717) is 5.92 Å². The summed E-state index contributed by atoms with van der Waals surface area (Å²) >= 11 is 0. The minimum Gasteiger partial charge on any atom is -0.324 e. The summed E-state index contributed by atoms with van der Waals surface area (Å²) in [6.45, 7) is 6.35. The Morgan fingerprint density at radius 1 is 1.62 bits per heavy atom. The molecular weight excluding hydrogens is 162 g/mol. The molecular formula is C10H19N3. The molecule has 13 heavy (non-hydrogen) atoms. The van der Waals surface area contributed by atoms with Crippen LogP contribution in [0.25, 0.3) is 0 Å². The molecule has 0 aromatic carbocycles. The van der Waals surface area contributed by atoms with Gasteiger partial charge in [-0.25, -0.2) is 0 Å². The van der Waals surface area contributed by atoms with Crippen molar-refractivity contribution < 1.29 is 0 Å². The first-order chi connectivity index (χ1) is 6.06. The smallest absolute Gasteiger partial charge is 0.0641 e. The molecule has 2 atom stereocenters. The molecule has 0 aliphatic carbocycles. The van der Waals surface area contributed by atoms with Crippen LogP contribution in [0, 0.1) is 12.8 Å². The Labute approximate surface area is 79.9 Å². The highest BCUT2D eigenvalue weighted by Crippen LogP contribution is 2.23. The van der Waals surface area contributed by atoms with Crippen molar-refractivity contribution in [1.29, 1.82) is 0 Å². The molecule has 0 saturated heterocycles. The van der Waals surface area contributed by atoms with Crippen molar-refractivity contribution in [3.63, 3.8) is 0 Å². The molecule has 0 amide bonds. The van der Waals surface area contributed by atoms with E-state index >= 15 is 0 Å². The van der Waals surface area contributed by atoms with Crippen LogP contribution in [0.4, 0.5) is 0 Å². The fourth-order valence-electron chi connectivity index (χ4n) is 1.51. The molecule has 1 heterocycles. The van der Waals surface area contributed by atoms with E-state index in [4.69, 9.17) is 5.73 Å². The Hall–Kier alpha value is -0.830. The van der Waals surface area contributed by atoms with E-state index in [0.717, 1.165) is 12.1 Å². The molecule has 0 saturated carbocycles. The van der Waals surface area contributed by atoms with Gasteiger partial charge < -0.3 is 5.73 Å². The minimum atomic E-state index is 0.124. The minimum absolute atomic E-state index is 0.124. The highest BCUT2D eigenvalue weighted by Gasteiger charge is 2.17. The number of nitrogens with zero attached hydrogens (tertiary/aromatic N) is 2. The highest BCUT2D eigenvalue weighted by molar-refractivity contribution is 5.20. The predicted octanol–water partition coefficient (Wildman–Crippen LogP) is 1.77. The number of aromatic nitrogens is 2. The lowest BCUT2D eigenvalue weighted by atomic mass is 9.94. The van der Waals surface area contributed by atoms with Gasteiger partial charge in [0.15, 0.2) is 0 Å². The summed E-state index contributed by atoms with van der Waals surface area (Å²) in [6.07, 6.45) is 3.13. The molecule has 1 aromatic heterocycles. The number of nitrogens with two attached hydrogens (primary N) is 1. The molecule has 3 nitrogen and oxygen atoms in total. The monoisotopic (exact) mass is 181 g/mol. The number of aryl methyl sites for hydroxylation is 2. The molecule has 2 unspecified atom stereocenters.